The van der Waals surface area contributed by atoms with Crippen LogP contribution in [0.1, 0.15) is 37.8 Å². The third-order valence-corrected chi connectivity index (χ3v) is 9.20. The summed E-state index contributed by atoms with van der Waals surface area (Å²) in [5.41, 5.74) is 1.92. The van der Waals surface area contributed by atoms with Crippen molar-refractivity contribution in [2.45, 2.75) is 51.1 Å². The van der Waals surface area contributed by atoms with Crippen molar-refractivity contribution in [1.29, 1.82) is 0 Å². The molecule has 10 heteroatoms. The number of anilines is 1. The molecule has 0 fully saturated rings. The van der Waals surface area contributed by atoms with Crippen LogP contribution in [0.2, 0.25) is 0 Å². The summed E-state index contributed by atoms with van der Waals surface area (Å²) in [6, 6.07) is 28.6. The molecule has 9 nitrogen and oxygen atoms in total. The number of ether oxygens (including phenoxy) is 2. The van der Waals surface area contributed by atoms with Crippen molar-refractivity contribution in [2.75, 3.05) is 24.5 Å². The van der Waals surface area contributed by atoms with Crippen molar-refractivity contribution >= 4 is 27.5 Å². The highest BCUT2D eigenvalue weighted by Gasteiger charge is 2.33. The van der Waals surface area contributed by atoms with E-state index in [2.05, 4.69) is 5.32 Å². The summed E-state index contributed by atoms with van der Waals surface area (Å²) in [6.45, 7) is 5.65. The van der Waals surface area contributed by atoms with Crippen molar-refractivity contribution in [3.05, 3.63) is 114 Å². The Bertz CT molecular complexity index is 1690. The van der Waals surface area contributed by atoms with Crippen molar-refractivity contribution < 1.29 is 27.5 Å². The van der Waals surface area contributed by atoms with Gasteiger partial charge in [0.2, 0.25) is 11.8 Å². The zero-order chi connectivity index (χ0) is 33.1. The standard InChI is InChI=1S/C36H41N3O6S/c1-5-23-37-36(41)34(6-2)38(25-28-11-10-14-32(24-28)44-4)35(40)26-39(46(42,43)33-21-15-27(3)16-22-33)29-17-19-31(20-18-29)45-30-12-8-7-9-13-30/h7-22,24,34H,5-6,23,25-26H2,1-4H3,(H,37,41). The van der Waals surface area contributed by atoms with Gasteiger partial charge in [-0.25, -0.2) is 8.42 Å². The van der Waals surface area contributed by atoms with Gasteiger partial charge in [0.15, 0.2) is 0 Å². The van der Waals surface area contributed by atoms with E-state index in [4.69, 9.17) is 9.47 Å². The lowest BCUT2D eigenvalue weighted by Crippen LogP contribution is -2.52. The van der Waals surface area contributed by atoms with Gasteiger partial charge < -0.3 is 19.7 Å². The highest BCUT2D eigenvalue weighted by molar-refractivity contribution is 7.92. The number of sulfonamides is 1. The predicted molar refractivity (Wildman–Crippen MR) is 180 cm³/mol. The summed E-state index contributed by atoms with van der Waals surface area (Å²) in [4.78, 5) is 29.1. The number of benzene rings is 4. The number of para-hydroxylation sites is 1. The van der Waals surface area contributed by atoms with Crippen molar-refractivity contribution in [1.82, 2.24) is 10.2 Å². The van der Waals surface area contributed by atoms with Crippen molar-refractivity contribution in [2.24, 2.45) is 0 Å². The molecular formula is C36H41N3O6S. The molecule has 0 bridgehead atoms. The third-order valence-electron chi connectivity index (χ3n) is 7.41. The van der Waals surface area contributed by atoms with Gasteiger partial charge in [-0.15, -0.1) is 0 Å². The molecule has 0 heterocycles. The van der Waals surface area contributed by atoms with E-state index in [9.17, 15) is 18.0 Å². The van der Waals surface area contributed by atoms with Crippen LogP contribution in [-0.4, -0.2) is 51.4 Å². The smallest absolute Gasteiger partial charge is 0.264 e. The Kier molecular flexibility index (Phi) is 11.8. The third kappa shape index (κ3) is 8.66. The molecule has 0 aliphatic carbocycles. The van der Waals surface area contributed by atoms with E-state index in [0.717, 1.165) is 21.9 Å². The van der Waals surface area contributed by atoms with E-state index in [1.807, 2.05) is 63.2 Å². The van der Waals surface area contributed by atoms with Crippen LogP contribution < -0.4 is 19.1 Å². The topological polar surface area (TPSA) is 105 Å². The van der Waals surface area contributed by atoms with Gasteiger partial charge in [-0.05, 0) is 86.0 Å². The molecule has 1 N–H and O–H groups in total. The lowest BCUT2D eigenvalue weighted by atomic mass is 10.1. The fourth-order valence-corrected chi connectivity index (χ4v) is 6.34. The zero-order valence-corrected chi connectivity index (χ0v) is 27.5. The summed E-state index contributed by atoms with van der Waals surface area (Å²) < 4.78 is 40.7. The molecule has 4 aromatic rings. The van der Waals surface area contributed by atoms with Gasteiger partial charge in [0, 0.05) is 13.1 Å². The fraction of sp³-hybridized carbons (Fsp3) is 0.278. The fourth-order valence-electron chi connectivity index (χ4n) is 4.92. The quantitative estimate of drug-likeness (QED) is 0.163. The molecule has 1 atom stereocenters. The molecule has 0 spiro atoms. The second-order valence-corrected chi connectivity index (χ2v) is 12.7. The van der Waals surface area contributed by atoms with Crippen LogP contribution in [-0.2, 0) is 26.2 Å². The molecule has 242 valence electrons. The Morgan fingerprint density at radius 3 is 2.11 bits per heavy atom. The highest BCUT2D eigenvalue weighted by atomic mass is 32.2. The van der Waals surface area contributed by atoms with E-state index in [-0.39, 0.29) is 23.0 Å². The summed E-state index contributed by atoms with van der Waals surface area (Å²) in [6.07, 6.45) is 1.07. The number of nitrogens with one attached hydrogen (secondary N) is 1. The predicted octanol–water partition coefficient (Wildman–Crippen LogP) is 6.32. The van der Waals surface area contributed by atoms with Gasteiger partial charge in [0.05, 0.1) is 17.7 Å². The maximum absolute atomic E-state index is 14.3. The molecule has 0 aliphatic rings. The molecule has 0 aliphatic heterocycles. The maximum atomic E-state index is 14.3. The summed E-state index contributed by atoms with van der Waals surface area (Å²) in [5, 5.41) is 2.90. The molecule has 0 saturated carbocycles. The number of aryl methyl sites for hydroxylation is 1. The highest BCUT2D eigenvalue weighted by Crippen LogP contribution is 2.29. The van der Waals surface area contributed by atoms with Gasteiger partial charge in [-0.1, -0.05) is 61.9 Å². The minimum atomic E-state index is -4.20. The number of hydrogen-bond acceptors (Lipinski definition) is 6. The number of carbonyl (C=O) groups is 2. The molecule has 46 heavy (non-hydrogen) atoms. The monoisotopic (exact) mass is 643 g/mol. The Balaban J connectivity index is 1.73. The van der Waals surface area contributed by atoms with Crippen LogP contribution in [0, 0.1) is 6.92 Å². The van der Waals surface area contributed by atoms with Crippen LogP contribution in [0.25, 0.3) is 0 Å². The van der Waals surface area contributed by atoms with Gasteiger partial charge in [-0.3, -0.25) is 13.9 Å². The lowest BCUT2D eigenvalue weighted by Gasteiger charge is -2.33. The number of methoxy groups -OCH3 is 1. The molecule has 4 aromatic carbocycles. The maximum Gasteiger partial charge on any atom is 0.264 e. The Morgan fingerprint density at radius 2 is 1.48 bits per heavy atom. The Hall–Kier alpha value is -4.83. The van der Waals surface area contributed by atoms with Crippen LogP contribution in [0.3, 0.4) is 0 Å². The Labute approximate surface area is 271 Å². The van der Waals surface area contributed by atoms with E-state index in [1.165, 1.54) is 17.0 Å². The Morgan fingerprint density at radius 1 is 0.826 bits per heavy atom. The van der Waals surface area contributed by atoms with E-state index in [1.54, 1.807) is 55.6 Å². The molecule has 1 unspecified atom stereocenters. The molecule has 0 aromatic heterocycles. The number of nitrogens with zero attached hydrogens (tertiary/aromatic N) is 2. The van der Waals surface area contributed by atoms with Gasteiger partial charge >= 0.3 is 0 Å². The van der Waals surface area contributed by atoms with Crippen molar-refractivity contribution in [3.8, 4) is 17.2 Å². The molecular weight excluding hydrogens is 602 g/mol. The SMILES string of the molecule is CCCNC(=O)C(CC)N(Cc1cccc(OC)c1)C(=O)CN(c1ccc(Oc2ccccc2)cc1)S(=O)(=O)c1ccc(C)cc1. The first-order chi connectivity index (χ1) is 22.2. The molecule has 0 saturated heterocycles. The minimum absolute atomic E-state index is 0.0441. The second kappa shape index (κ2) is 15.9. The molecule has 0 radical (unpaired) electrons. The number of hydrogen-bond donors (Lipinski definition) is 1. The lowest BCUT2D eigenvalue weighted by molar-refractivity contribution is -0.140. The number of amides is 2. The van der Waals surface area contributed by atoms with Gasteiger partial charge in [0.1, 0.15) is 29.8 Å². The summed E-state index contributed by atoms with van der Waals surface area (Å²) in [7, 11) is -2.64. The summed E-state index contributed by atoms with van der Waals surface area (Å²) >= 11 is 0. The second-order valence-electron chi connectivity index (χ2n) is 10.8. The van der Waals surface area contributed by atoms with Crippen LogP contribution in [0.4, 0.5) is 5.69 Å². The van der Waals surface area contributed by atoms with Crippen molar-refractivity contribution in [3.63, 3.8) is 0 Å². The average molecular weight is 644 g/mol. The van der Waals surface area contributed by atoms with E-state index in [0.29, 0.717) is 30.2 Å². The van der Waals surface area contributed by atoms with Crippen LogP contribution in [0.15, 0.2) is 108 Å². The number of rotatable bonds is 15. The summed E-state index contributed by atoms with van der Waals surface area (Å²) in [5.74, 6) is 0.925. The minimum Gasteiger partial charge on any atom is -0.497 e. The van der Waals surface area contributed by atoms with Crippen LogP contribution in [0.5, 0.6) is 17.2 Å². The van der Waals surface area contributed by atoms with Gasteiger partial charge in [-0.2, -0.15) is 0 Å². The first-order valence-electron chi connectivity index (χ1n) is 15.3. The molecule has 2 amide bonds. The first-order valence-corrected chi connectivity index (χ1v) is 16.7. The largest absolute Gasteiger partial charge is 0.497 e. The van der Waals surface area contributed by atoms with Crippen LogP contribution >= 0.6 is 0 Å². The van der Waals surface area contributed by atoms with E-state index >= 15 is 0 Å². The first kappa shape index (κ1) is 34.1. The van der Waals surface area contributed by atoms with E-state index < -0.39 is 28.5 Å². The average Bonchev–Trinajstić information content (AvgIpc) is 3.07. The normalized spacial score (nSPS) is 11.7. The molecule has 4 rings (SSSR count). The van der Waals surface area contributed by atoms with Gasteiger partial charge in [0.25, 0.3) is 10.0 Å². The number of carbonyl (C=O) groups excluding carboxylic acids is 2. The zero-order valence-electron chi connectivity index (χ0n) is 26.7.